The van der Waals surface area contributed by atoms with Crippen molar-refractivity contribution in [2.24, 2.45) is 16.5 Å². The van der Waals surface area contributed by atoms with Crippen molar-refractivity contribution in [3.63, 3.8) is 0 Å². The summed E-state index contributed by atoms with van der Waals surface area (Å²) in [6.07, 6.45) is 0. The van der Waals surface area contributed by atoms with Crippen molar-refractivity contribution >= 4 is 29.0 Å². The smallest absolute Gasteiger partial charge is 0.195 e. The molecule has 0 atom stereocenters. The van der Waals surface area contributed by atoms with Crippen molar-refractivity contribution in [1.82, 2.24) is 0 Å². The fourth-order valence-corrected chi connectivity index (χ4v) is 1.84. The van der Waals surface area contributed by atoms with Gasteiger partial charge in [0.05, 0.1) is 5.69 Å². The van der Waals surface area contributed by atoms with Gasteiger partial charge in [-0.15, -0.1) is 0 Å². The molecule has 0 amide bonds. The van der Waals surface area contributed by atoms with Gasteiger partial charge >= 0.3 is 0 Å². The van der Waals surface area contributed by atoms with E-state index in [0.29, 0.717) is 21.8 Å². The lowest BCUT2D eigenvalue weighted by Gasteiger charge is -2.06. The van der Waals surface area contributed by atoms with E-state index >= 15 is 0 Å². The molecule has 0 radical (unpaired) electrons. The lowest BCUT2D eigenvalue weighted by molar-refractivity contribution is 0.103. The highest BCUT2D eigenvalue weighted by Crippen LogP contribution is 2.25. The number of ketones is 1. The summed E-state index contributed by atoms with van der Waals surface area (Å²) >= 11 is 5.92. The summed E-state index contributed by atoms with van der Waals surface area (Å²) in [6, 6.07) is 13.7. The van der Waals surface area contributed by atoms with Gasteiger partial charge < -0.3 is 11.5 Å². The Balaban J connectivity index is 2.52. The van der Waals surface area contributed by atoms with Gasteiger partial charge in [0, 0.05) is 16.1 Å². The number of carbonyl (C=O) groups excluding carboxylic acids is 1. The van der Waals surface area contributed by atoms with Crippen LogP contribution in [0.4, 0.5) is 5.69 Å². The van der Waals surface area contributed by atoms with Gasteiger partial charge in [-0.05, 0) is 18.2 Å². The van der Waals surface area contributed by atoms with Crippen LogP contribution in [0.25, 0.3) is 0 Å². The number of nitrogens with zero attached hydrogens (tertiary/aromatic N) is 1. The fourth-order valence-electron chi connectivity index (χ4n) is 1.67. The molecule has 0 fully saturated rings. The second-order valence-electron chi connectivity index (χ2n) is 3.89. The summed E-state index contributed by atoms with van der Waals surface area (Å²) in [6.45, 7) is 0. The van der Waals surface area contributed by atoms with E-state index in [1.807, 2.05) is 6.07 Å². The van der Waals surface area contributed by atoms with Crippen LogP contribution in [0.2, 0.25) is 5.02 Å². The molecule has 0 unspecified atom stereocenters. The Morgan fingerprint density at radius 3 is 2.37 bits per heavy atom. The first kappa shape index (κ1) is 13.1. The summed E-state index contributed by atoms with van der Waals surface area (Å²) in [7, 11) is 0. The molecule has 0 bridgehead atoms. The van der Waals surface area contributed by atoms with Gasteiger partial charge in [0.2, 0.25) is 0 Å². The van der Waals surface area contributed by atoms with Crippen molar-refractivity contribution < 1.29 is 4.79 Å². The molecule has 2 aromatic rings. The lowest BCUT2D eigenvalue weighted by Crippen LogP contribution is -2.22. The van der Waals surface area contributed by atoms with Gasteiger partial charge in [-0.25, -0.2) is 4.99 Å². The summed E-state index contributed by atoms with van der Waals surface area (Å²) < 4.78 is 0. The third-order valence-corrected chi connectivity index (χ3v) is 2.72. The van der Waals surface area contributed by atoms with Gasteiger partial charge in [0.15, 0.2) is 11.7 Å². The number of aliphatic imine (C=N–C) groups is 1. The van der Waals surface area contributed by atoms with Crippen molar-refractivity contribution in [1.29, 1.82) is 0 Å². The molecule has 5 heteroatoms. The Bertz CT molecular complexity index is 634. The topological polar surface area (TPSA) is 81.5 Å². The van der Waals surface area contributed by atoms with Gasteiger partial charge in [-0.3, -0.25) is 4.79 Å². The van der Waals surface area contributed by atoms with E-state index in [1.54, 1.807) is 42.5 Å². The molecule has 2 rings (SSSR count). The highest BCUT2D eigenvalue weighted by atomic mass is 35.5. The Kier molecular flexibility index (Phi) is 3.82. The molecule has 0 aromatic heterocycles. The minimum absolute atomic E-state index is 0.107. The first-order valence-corrected chi connectivity index (χ1v) is 5.94. The standard InChI is InChI=1S/C14H12ClN3O/c15-10-6-7-12(18-14(16)17)11(8-10)13(19)9-4-2-1-3-5-9/h1-8H,(H4,16,17,18). The first-order valence-electron chi connectivity index (χ1n) is 5.57. The van der Waals surface area contributed by atoms with Crippen molar-refractivity contribution in [2.45, 2.75) is 0 Å². The van der Waals surface area contributed by atoms with Crippen molar-refractivity contribution in [3.8, 4) is 0 Å². The zero-order chi connectivity index (χ0) is 13.8. The van der Waals surface area contributed by atoms with E-state index in [-0.39, 0.29) is 11.7 Å². The molecule has 0 saturated carbocycles. The summed E-state index contributed by atoms with van der Waals surface area (Å²) in [5, 5.41) is 0.453. The van der Waals surface area contributed by atoms with Crippen LogP contribution in [0.5, 0.6) is 0 Å². The minimum Gasteiger partial charge on any atom is -0.370 e. The van der Waals surface area contributed by atoms with Gasteiger partial charge in [0.25, 0.3) is 0 Å². The summed E-state index contributed by atoms with van der Waals surface area (Å²) in [4.78, 5) is 16.3. The Morgan fingerprint density at radius 2 is 1.74 bits per heavy atom. The van der Waals surface area contributed by atoms with Crippen LogP contribution in [-0.2, 0) is 0 Å². The molecule has 96 valence electrons. The van der Waals surface area contributed by atoms with E-state index < -0.39 is 0 Å². The van der Waals surface area contributed by atoms with Crippen molar-refractivity contribution in [3.05, 3.63) is 64.7 Å². The van der Waals surface area contributed by atoms with Gasteiger partial charge in [-0.1, -0.05) is 41.9 Å². The maximum Gasteiger partial charge on any atom is 0.195 e. The molecule has 2 aromatic carbocycles. The zero-order valence-corrected chi connectivity index (χ0v) is 10.8. The number of guanidine groups is 1. The third-order valence-electron chi connectivity index (χ3n) is 2.49. The average molecular weight is 274 g/mol. The predicted octanol–water partition coefficient (Wildman–Crippen LogP) is 2.48. The Morgan fingerprint density at radius 1 is 1.05 bits per heavy atom. The van der Waals surface area contributed by atoms with Crippen LogP contribution < -0.4 is 11.5 Å². The molecule has 19 heavy (non-hydrogen) atoms. The Hall–Kier alpha value is -2.33. The van der Waals surface area contributed by atoms with Crippen molar-refractivity contribution in [2.75, 3.05) is 0 Å². The number of carbonyl (C=O) groups is 1. The van der Waals surface area contributed by atoms with Crippen LogP contribution >= 0.6 is 11.6 Å². The van der Waals surface area contributed by atoms with Crippen LogP contribution in [0, 0.1) is 0 Å². The van der Waals surface area contributed by atoms with E-state index in [1.165, 1.54) is 0 Å². The number of hydrogen-bond donors (Lipinski definition) is 2. The van der Waals surface area contributed by atoms with E-state index in [2.05, 4.69) is 4.99 Å². The largest absolute Gasteiger partial charge is 0.370 e. The molecule has 4 N–H and O–H groups in total. The van der Waals surface area contributed by atoms with Crippen LogP contribution in [0.15, 0.2) is 53.5 Å². The second-order valence-corrected chi connectivity index (χ2v) is 4.33. The highest BCUT2D eigenvalue weighted by molar-refractivity contribution is 6.31. The maximum absolute atomic E-state index is 12.4. The van der Waals surface area contributed by atoms with Gasteiger partial charge in [-0.2, -0.15) is 0 Å². The minimum atomic E-state index is -0.178. The number of nitrogens with two attached hydrogens (primary N) is 2. The van der Waals surface area contributed by atoms with E-state index in [0.717, 1.165) is 0 Å². The number of rotatable bonds is 3. The fraction of sp³-hybridized carbons (Fsp3) is 0. The third kappa shape index (κ3) is 3.11. The SMILES string of the molecule is NC(N)=Nc1ccc(Cl)cc1C(=O)c1ccccc1. The number of halogens is 1. The molecular weight excluding hydrogens is 262 g/mol. The molecular formula is C14H12ClN3O. The molecule has 0 saturated heterocycles. The second kappa shape index (κ2) is 5.54. The van der Waals surface area contributed by atoms with Crippen LogP contribution in [-0.4, -0.2) is 11.7 Å². The number of hydrogen-bond acceptors (Lipinski definition) is 2. The zero-order valence-electron chi connectivity index (χ0n) is 10.0. The first-order chi connectivity index (χ1) is 9.08. The average Bonchev–Trinajstić information content (AvgIpc) is 2.40. The lowest BCUT2D eigenvalue weighted by atomic mass is 10.0. The molecule has 0 heterocycles. The molecule has 0 aliphatic rings. The van der Waals surface area contributed by atoms with E-state index in [4.69, 9.17) is 23.1 Å². The van der Waals surface area contributed by atoms with E-state index in [9.17, 15) is 4.79 Å². The summed E-state index contributed by atoms with van der Waals surface area (Å²) in [5.41, 5.74) is 12.0. The monoisotopic (exact) mass is 273 g/mol. The van der Waals surface area contributed by atoms with Crippen LogP contribution in [0.1, 0.15) is 15.9 Å². The van der Waals surface area contributed by atoms with Crippen LogP contribution in [0.3, 0.4) is 0 Å². The molecule has 0 aliphatic heterocycles. The van der Waals surface area contributed by atoms with Gasteiger partial charge in [0.1, 0.15) is 0 Å². The quantitative estimate of drug-likeness (QED) is 0.512. The molecule has 4 nitrogen and oxygen atoms in total. The maximum atomic E-state index is 12.4. The molecule has 0 spiro atoms. The molecule has 0 aliphatic carbocycles. The highest BCUT2D eigenvalue weighted by Gasteiger charge is 2.14. The normalized spacial score (nSPS) is 9.95. The Labute approximate surface area is 115 Å². The summed E-state index contributed by atoms with van der Waals surface area (Å²) in [5.74, 6) is -0.285. The number of benzene rings is 2. The predicted molar refractivity (Wildman–Crippen MR) is 76.8 cm³/mol.